The Kier molecular flexibility index (Phi) is 3.98. The topological polar surface area (TPSA) is 67.7 Å². The van der Waals surface area contributed by atoms with E-state index in [4.69, 9.17) is 5.26 Å². The average molecular weight is 335 g/mol. The van der Waals surface area contributed by atoms with Crippen LogP contribution < -0.4 is 10.2 Å². The quantitative estimate of drug-likeness (QED) is 0.766. The predicted molar refractivity (Wildman–Crippen MR) is 96.1 cm³/mol. The fourth-order valence-corrected chi connectivity index (χ4v) is 3.36. The average Bonchev–Trinajstić information content (AvgIpc) is 3.04. The molecule has 0 amide bonds. The number of hydrogen-bond donors (Lipinski definition) is 2. The number of benzene rings is 2. The molecule has 0 saturated carbocycles. The number of aromatic nitrogens is 2. The van der Waals surface area contributed by atoms with Crippen LogP contribution in [0, 0.1) is 17.1 Å². The van der Waals surface area contributed by atoms with Crippen LogP contribution in [0.15, 0.2) is 42.5 Å². The van der Waals surface area contributed by atoms with Gasteiger partial charge in [0.15, 0.2) is 0 Å². The lowest BCUT2D eigenvalue weighted by Crippen LogP contribution is -2.42. The van der Waals surface area contributed by atoms with Crippen LogP contribution in [0.5, 0.6) is 0 Å². The number of rotatable bonds is 3. The summed E-state index contributed by atoms with van der Waals surface area (Å²) in [6.07, 6.45) is 1.97. The number of imidazole rings is 1. The maximum atomic E-state index is 14.3. The van der Waals surface area contributed by atoms with E-state index in [0.717, 1.165) is 36.4 Å². The monoisotopic (exact) mass is 335 g/mol. The van der Waals surface area contributed by atoms with Crippen molar-refractivity contribution in [1.29, 1.82) is 5.26 Å². The molecule has 1 aliphatic rings. The summed E-state index contributed by atoms with van der Waals surface area (Å²) in [5.41, 5.74) is 2.82. The van der Waals surface area contributed by atoms with Crippen molar-refractivity contribution in [1.82, 2.24) is 9.97 Å². The van der Waals surface area contributed by atoms with Crippen molar-refractivity contribution in [2.24, 2.45) is 0 Å². The van der Waals surface area contributed by atoms with Crippen LogP contribution in [0.25, 0.3) is 11.0 Å². The molecular formula is C19H18FN5. The minimum absolute atomic E-state index is 0.185. The number of nitriles is 1. The molecule has 0 bridgehead atoms. The smallest absolute Gasteiger partial charge is 0.201 e. The third kappa shape index (κ3) is 3.13. The molecule has 0 radical (unpaired) electrons. The highest BCUT2D eigenvalue weighted by Gasteiger charge is 2.23. The van der Waals surface area contributed by atoms with Crippen LogP contribution in [-0.4, -0.2) is 29.1 Å². The summed E-state index contributed by atoms with van der Waals surface area (Å²) in [4.78, 5) is 9.85. The van der Waals surface area contributed by atoms with Crippen molar-refractivity contribution in [2.75, 3.05) is 23.3 Å². The Labute approximate surface area is 145 Å². The first kappa shape index (κ1) is 15.5. The number of halogens is 1. The third-order valence-electron chi connectivity index (χ3n) is 4.57. The second kappa shape index (κ2) is 6.44. The first-order chi connectivity index (χ1) is 12.2. The summed E-state index contributed by atoms with van der Waals surface area (Å²) in [5, 5.41) is 12.3. The molecule has 1 unspecified atom stereocenters. The summed E-state index contributed by atoms with van der Waals surface area (Å²) in [5.74, 6) is 0.400. The zero-order chi connectivity index (χ0) is 17.2. The number of H-pyrrole nitrogens is 1. The Morgan fingerprint density at radius 2 is 2.16 bits per heavy atom. The first-order valence-electron chi connectivity index (χ1n) is 8.39. The van der Waals surface area contributed by atoms with Crippen molar-refractivity contribution in [3.8, 4) is 6.07 Å². The Morgan fingerprint density at radius 1 is 1.28 bits per heavy atom. The molecule has 0 spiro atoms. The first-order valence-corrected chi connectivity index (χ1v) is 8.39. The lowest BCUT2D eigenvalue weighted by molar-refractivity contribution is 0.517. The minimum Gasteiger partial charge on any atom is -0.367 e. The van der Waals surface area contributed by atoms with E-state index in [1.165, 1.54) is 6.07 Å². The zero-order valence-corrected chi connectivity index (χ0v) is 13.7. The van der Waals surface area contributed by atoms with Gasteiger partial charge in [0.25, 0.3) is 0 Å². The summed E-state index contributed by atoms with van der Waals surface area (Å²) in [6.45, 7) is 1.50. The minimum atomic E-state index is -0.344. The molecule has 1 aromatic heterocycles. The van der Waals surface area contributed by atoms with E-state index < -0.39 is 0 Å². The van der Waals surface area contributed by atoms with Gasteiger partial charge in [0.05, 0.1) is 28.4 Å². The van der Waals surface area contributed by atoms with Crippen molar-refractivity contribution in [3.63, 3.8) is 0 Å². The number of hydrogen-bond acceptors (Lipinski definition) is 4. The van der Waals surface area contributed by atoms with Gasteiger partial charge in [-0.1, -0.05) is 12.1 Å². The molecule has 2 aromatic carbocycles. The number of nitrogens with one attached hydrogen (secondary N) is 2. The number of anilines is 2. The number of aromatic amines is 1. The molecule has 4 rings (SSSR count). The molecule has 1 saturated heterocycles. The van der Waals surface area contributed by atoms with Crippen molar-refractivity contribution in [3.05, 3.63) is 53.8 Å². The molecule has 25 heavy (non-hydrogen) atoms. The van der Waals surface area contributed by atoms with Crippen LogP contribution in [0.1, 0.15) is 18.4 Å². The van der Waals surface area contributed by atoms with E-state index in [1.807, 2.05) is 35.2 Å². The van der Waals surface area contributed by atoms with E-state index >= 15 is 0 Å². The lowest BCUT2D eigenvalue weighted by atomic mass is 10.0. The van der Waals surface area contributed by atoms with Crippen LogP contribution in [0.4, 0.5) is 16.0 Å². The van der Waals surface area contributed by atoms with Gasteiger partial charge in [-0.2, -0.15) is 5.26 Å². The van der Waals surface area contributed by atoms with E-state index in [-0.39, 0.29) is 11.9 Å². The number of piperidine rings is 1. The fraction of sp³-hybridized carbons (Fsp3) is 0.263. The molecule has 3 aromatic rings. The summed E-state index contributed by atoms with van der Waals surface area (Å²) >= 11 is 0. The van der Waals surface area contributed by atoms with Crippen molar-refractivity contribution < 1.29 is 4.39 Å². The van der Waals surface area contributed by atoms with Crippen LogP contribution in [0.2, 0.25) is 0 Å². The van der Waals surface area contributed by atoms with Gasteiger partial charge in [-0.25, -0.2) is 9.37 Å². The van der Waals surface area contributed by atoms with Gasteiger partial charge in [-0.15, -0.1) is 0 Å². The van der Waals surface area contributed by atoms with E-state index in [0.29, 0.717) is 17.8 Å². The van der Waals surface area contributed by atoms with Crippen LogP contribution in [-0.2, 0) is 0 Å². The van der Waals surface area contributed by atoms with Crippen molar-refractivity contribution in [2.45, 2.75) is 18.9 Å². The largest absolute Gasteiger partial charge is 0.367 e. The Balaban J connectivity index is 1.50. The number of para-hydroxylation sites is 2. The van der Waals surface area contributed by atoms with E-state index in [2.05, 4.69) is 15.3 Å². The van der Waals surface area contributed by atoms with Gasteiger partial charge >= 0.3 is 0 Å². The highest BCUT2D eigenvalue weighted by Crippen LogP contribution is 2.25. The maximum Gasteiger partial charge on any atom is 0.201 e. The van der Waals surface area contributed by atoms with Gasteiger partial charge < -0.3 is 15.2 Å². The summed E-state index contributed by atoms with van der Waals surface area (Å²) in [6, 6.07) is 14.7. The fourth-order valence-electron chi connectivity index (χ4n) is 3.36. The van der Waals surface area contributed by atoms with Gasteiger partial charge in [0.1, 0.15) is 5.82 Å². The van der Waals surface area contributed by atoms with E-state index in [9.17, 15) is 4.39 Å². The second-order valence-electron chi connectivity index (χ2n) is 6.31. The summed E-state index contributed by atoms with van der Waals surface area (Å²) < 4.78 is 14.3. The van der Waals surface area contributed by atoms with Gasteiger partial charge in [0.2, 0.25) is 5.95 Å². The molecule has 126 valence electrons. The Bertz CT molecular complexity index is 909. The molecule has 1 atom stereocenters. The highest BCUT2D eigenvalue weighted by atomic mass is 19.1. The van der Waals surface area contributed by atoms with Gasteiger partial charge in [-0.05, 0) is 43.2 Å². The number of fused-ring (bicyclic) bond motifs is 1. The number of nitrogens with zero attached hydrogens (tertiary/aromatic N) is 3. The second-order valence-corrected chi connectivity index (χ2v) is 6.31. The standard InChI is InChI=1S/C19H18FN5/c20-15-10-13(11-21)7-8-18(15)25-9-3-4-14(12-25)22-19-23-16-5-1-2-6-17(16)24-19/h1-2,5-8,10,14H,3-4,9,12H2,(H2,22,23,24). The third-order valence-corrected chi connectivity index (χ3v) is 4.57. The maximum absolute atomic E-state index is 14.3. The van der Waals surface area contributed by atoms with Crippen LogP contribution >= 0.6 is 0 Å². The molecule has 2 heterocycles. The normalized spacial score (nSPS) is 17.4. The molecule has 0 aliphatic carbocycles. The van der Waals surface area contributed by atoms with Crippen molar-refractivity contribution >= 4 is 22.7 Å². The predicted octanol–water partition coefficient (Wildman–Crippen LogP) is 3.65. The van der Waals surface area contributed by atoms with Crippen LogP contribution in [0.3, 0.4) is 0 Å². The summed E-state index contributed by atoms with van der Waals surface area (Å²) in [7, 11) is 0. The van der Waals surface area contributed by atoms with Gasteiger partial charge in [0, 0.05) is 19.1 Å². The molecular weight excluding hydrogens is 317 g/mol. The zero-order valence-electron chi connectivity index (χ0n) is 13.7. The Morgan fingerprint density at radius 3 is 2.96 bits per heavy atom. The Hall–Kier alpha value is -3.07. The van der Waals surface area contributed by atoms with Gasteiger partial charge in [-0.3, -0.25) is 0 Å². The molecule has 5 nitrogen and oxygen atoms in total. The molecule has 1 fully saturated rings. The highest BCUT2D eigenvalue weighted by molar-refractivity contribution is 5.77. The lowest BCUT2D eigenvalue weighted by Gasteiger charge is -2.34. The molecule has 6 heteroatoms. The molecule has 1 aliphatic heterocycles. The SMILES string of the molecule is N#Cc1ccc(N2CCCC(Nc3nc4ccccc4[nH]3)C2)c(F)c1. The van der Waals surface area contributed by atoms with E-state index in [1.54, 1.807) is 12.1 Å². The molecule has 2 N–H and O–H groups in total.